The van der Waals surface area contributed by atoms with Crippen LogP contribution in [-0.4, -0.2) is 55.6 Å². The second-order valence-electron chi connectivity index (χ2n) is 9.50. The molecule has 2 N–H and O–H groups in total. The van der Waals surface area contributed by atoms with Crippen LogP contribution in [0.3, 0.4) is 0 Å². The molecule has 0 saturated carbocycles. The van der Waals surface area contributed by atoms with Crippen molar-refractivity contribution in [3.8, 4) is 17.1 Å². The van der Waals surface area contributed by atoms with E-state index in [4.69, 9.17) is 9.26 Å². The summed E-state index contributed by atoms with van der Waals surface area (Å²) in [6.07, 6.45) is 1.31. The van der Waals surface area contributed by atoms with E-state index in [1.54, 1.807) is 19.9 Å². The van der Waals surface area contributed by atoms with Crippen LogP contribution in [0.25, 0.3) is 11.4 Å². The topological polar surface area (TPSA) is 127 Å². The average molecular weight is 528 g/mol. The van der Waals surface area contributed by atoms with E-state index in [0.29, 0.717) is 55.6 Å². The Kier molecular flexibility index (Phi) is 8.25. The lowest BCUT2D eigenvalue weighted by atomic mass is 9.96. The minimum absolute atomic E-state index is 0.0664. The summed E-state index contributed by atoms with van der Waals surface area (Å²) >= 11 is 0. The van der Waals surface area contributed by atoms with Gasteiger partial charge < -0.3 is 14.6 Å². The van der Waals surface area contributed by atoms with Crippen molar-refractivity contribution in [2.45, 2.75) is 51.1 Å². The largest absolute Gasteiger partial charge is 0.495 e. The van der Waals surface area contributed by atoms with Gasteiger partial charge in [0.15, 0.2) is 0 Å². The minimum atomic E-state index is -3.71. The summed E-state index contributed by atoms with van der Waals surface area (Å²) in [5, 5.41) is 7.00. The van der Waals surface area contributed by atoms with Gasteiger partial charge in [0.1, 0.15) is 5.75 Å². The number of hydrogen-bond acceptors (Lipinski definition) is 8. The van der Waals surface area contributed by atoms with Crippen LogP contribution < -0.4 is 14.8 Å². The first-order valence-corrected chi connectivity index (χ1v) is 13.8. The number of hydrogen-bond donors (Lipinski definition) is 2. The maximum Gasteiger partial charge on any atom is 0.241 e. The average Bonchev–Trinajstić information content (AvgIpc) is 3.32. The maximum atomic E-state index is 13.0. The Bertz CT molecular complexity index is 1350. The van der Waals surface area contributed by atoms with Crippen molar-refractivity contribution in [3.63, 3.8) is 0 Å². The molecule has 1 amide bonds. The number of rotatable bonds is 9. The highest BCUT2D eigenvalue weighted by Crippen LogP contribution is 2.29. The number of amides is 1. The molecule has 1 aromatic heterocycles. The van der Waals surface area contributed by atoms with Crippen LogP contribution in [0.15, 0.2) is 51.9 Å². The molecule has 1 saturated heterocycles. The number of carbonyl (C=O) groups is 1. The molecule has 0 bridgehead atoms. The first-order chi connectivity index (χ1) is 17.7. The molecule has 0 unspecified atom stereocenters. The number of carbonyl (C=O) groups excluding carboxylic acids is 1. The van der Waals surface area contributed by atoms with Gasteiger partial charge in [-0.15, -0.1) is 0 Å². The first kappa shape index (κ1) is 26.8. The molecular formula is C26H33N5O5S. The molecule has 1 fully saturated rings. The van der Waals surface area contributed by atoms with E-state index >= 15 is 0 Å². The van der Waals surface area contributed by atoms with E-state index in [1.165, 1.54) is 19.2 Å². The van der Waals surface area contributed by atoms with Crippen molar-refractivity contribution >= 4 is 21.6 Å². The van der Waals surface area contributed by atoms with Crippen molar-refractivity contribution in [2.24, 2.45) is 5.92 Å². The predicted molar refractivity (Wildman–Crippen MR) is 140 cm³/mol. The van der Waals surface area contributed by atoms with Gasteiger partial charge in [-0.05, 0) is 70.5 Å². The lowest BCUT2D eigenvalue weighted by Gasteiger charge is -2.30. The van der Waals surface area contributed by atoms with Gasteiger partial charge in [0.25, 0.3) is 0 Å². The quantitative estimate of drug-likeness (QED) is 0.432. The molecule has 3 aromatic rings. The molecule has 10 nitrogen and oxygen atoms in total. The minimum Gasteiger partial charge on any atom is -0.495 e. The molecule has 198 valence electrons. The number of anilines is 1. The number of methoxy groups -OCH3 is 1. The normalized spacial score (nSPS) is 15.2. The molecule has 0 radical (unpaired) electrons. The van der Waals surface area contributed by atoms with E-state index in [0.717, 1.165) is 11.1 Å². The Balaban J connectivity index is 1.36. The molecule has 0 atom stereocenters. The number of aromatic nitrogens is 2. The number of benzene rings is 2. The lowest BCUT2D eigenvalue weighted by Crippen LogP contribution is -2.38. The molecule has 11 heteroatoms. The van der Waals surface area contributed by atoms with Crippen molar-refractivity contribution in [2.75, 3.05) is 25.5 Å². The summed E-state index contributed by atoms with van der Waals surface area (Å²) in [6, 6.07) is 12.1. The zero-order valence-electron chi connectivity index (χ0n) is 21.5. The van der Waals surface area contributed by atoms with Crippen molar-refractivity contribution < 1.29 is 22.5 Å². The van der Waals surface area contributed by atoms with Crippen molar-refractivity contribution in [1.29, 1.82) is 0 Å². The van der Waals surface area contributed by atoms with Gasteiger partial charge in [0, 0.05) is 17.5 Å². The van der Waals surface area contributed by atoms with Crippen molar-refractivity contribution in [1.82, 2.24) is 19.8 Å². The summed E-state index contributed by atoms with van der Waals surface area (Å²) in [7, 11) is -2.23. The highest BCUT2D eigenvalue weighted by Gasteiger charge is 2.27. The van der Waals surface area contributed by atoms with Gasteiger partial charge in [-0.1, -0.05) is 29.4 Å². The summed E-state index contributed by atoms with van der Waals surface area (Å²) in [6.45, 7) is 7.42. The van der Waals surface area contributed by atoms with E-state index in [2.05, 4.69) is 25.1 Å². The number of nitrogens with one attached hydrogen (secondary N) is 2. The van der Waals surface area contributed by atoms with Crippen LogP contribution >= 0.6 is 0 Å². The maximum absolute atomic E-state index is 13.0. The molecule has 4 rings (SSSR count). The molecule has 2 aromatic carbocycles. The van der Waals surface area contributed by atoms with Gasteiger partial charge in [0.05, 0.1) is 24.2 Å². The highest BCUT2D eigenvalue weighted by atomic mass is 32.2. The summed E-state index contributed by atoms with van der Waals surface area (Å²) in [5.74, 6) is 1.14. The molecule has 1 aliphatic heterocycles. The molecule has 2 heterocycles. The Labute approximate surface area is 217 Å². The third-order valence-corrected chi connectivity index (χ3v) is 7.96. The standard InChI is InChI=1S/C26H33N5O5S/c1-17(2)30-37(33,34)20-9-10-23(35-4)22(15-20)27-26(32)19-11-13-31(14-12-19)16-24-28-25(29-36-24)21-8-6-5-7-18(21)3/h5-10,15,17,19,30H,11-14,16H2,1-4H3,(H,27,32). The van der Waals surface area contributed by atoms with Crippen LogP contribution in [0.1, 0.15) is 38.1 Å². The smallest absolute Gasteiger partial charge is 0.241 e. The second-order valence-corrected chi connectivity index (χ2v) is 11.2. The lowest BCUT2D eigenvalue weighted by molar-refractivity contribution is -0.121. The van der Waals surface area contributed by atoms with E-state index in [9.17, 15) is 13.2 Å². The van der Waals surface area contributed by atoms with Gasteiger partial charge >= 0.3 is 0 Å². The summed E-state index contributed by atoms with van der Waals surface area (Å²) in [4.78, 5) is 19.8. The number of sulfonamides is 1. The number of aryl methyl sites for hydroxylation is 1. The Morgan fingerprint density at radius 1 is 1.19 bits per heavy atom. The SMILES string of the molecule is COc1ccc(S(=O)(=O)NC(C)C)cc1NC(=O)C1CCN(Cc2nc(-c3ccccc3C)no2)CC1. The zero-order valence-corrected chi connectivity index (χ0v) is 22.3. The van der Waals surface area contributed by atoms with Gasteiger partial charge in [0.2, 0.25) is 27.6 Å². The molecule has 37 heavy (non-hydrogen) atoms. The van der Waals surface area contributed by atoms with Gasteiger partial charge in [-0.25, -0.2) is 13.1 Å². The number of likely N-dealkylation sites (tertiary alicyclic amines) is 1. The van der Waals surface area contributed by atoms with Crippen LogP contribution in [0.5, 0.6) is 5.75 Å². The van der Waals surface area contributed by atoms with Crippen LogP contribution in [0.2, 0.25) is 0 Å². The fourth-order valence-electron chi connectivity index (χ4n) is 4.36. The number of ether oxygens (including phenoxy) is 1. The number of piperidine rings is 1. The Morgan fingerprint density at radius 3 is 2.59 bits per heavy atom. The predicted octanol–water partition coefficient (Wildman–Crippen LogP) is 3.59. The monoisotopic (exact) mass is 527 g/mol. The summed E-state index contributed by atoms with van der Waals surface area (Å²) in [5.41, 5.74) is 2.36. The highest BCUT2D eigenvalue weighted by molar-refractivity contribution is 7.89. The van der Waals surface area contributed by atoms with E-state index < -0.39 is 10.0 Å². The second kappa shape index (κ2) is 11.4. The third-order valence-electron chi connectivity index (χ3n) is 6.30. The molecular weight excluding hydrogens is 494 g/mol. The Morgan fingerprint density at radius 2 is 1.92 bits per heavy atom. The number of nitrogens with zero attached hydrogens (tertiary/aromatic N) is 3. The summed E-state index contributed by atoms with van der Waals surface area (Å²) < 4.78 is 38.5. The first-order valence-electron chi connectivity index (χ1n) is 12.3. The third kappa shape index (κ3) is 6.54. The van der Waals surface area contributed by atoms with E-state index in [-0.39, 0.29) is 22.8 Å². The van der Waals surface area contributed by atoms with Gasteiger partial charge in [-0.2, -0.15) is 4.98 Å². The van der Waals surface area contributed by atoms with Crippen LogP contribution in [0, 0.1) is 12.8 Å². The van der Waals surface area contributed by atoms with Crippen LogP contribution in [0.4, 0.5) is 5.69 Å². The molecule has 0 spiro atoms. The fourth-order valence-corrected chi connectivity index (χ4v) is 5.64. The fraction of sp³-hybridized carbons (Fsp3) is 0.423. The zero-order chi connectivity index (χ0) is 26.6. The molecule has 0 aliphatic carbocycles. The van der Waals surface area contributed by atoms with Crippen LogP contribution in [-0.2, 0) is 21.4 Å². The molecule has 1 aliphatic rings. The van der Waals surface area contributed by atoms with Gasteiger partial charge in [-0.3, -0.25) is 9.69 Å². The Hall–Kier alpha value is -3.28. The van der Waals surface area contributed by atoms with Crippen molar-refractivity contribution in [3.05, 3.63) is 53.9 Å². The van der Waals surface area contributed by atoms with E-state index in [1.807, 2.05) is 31.2 Å².